The second kappa shape index (κ2) is 4.03. The summed E-state index contributed by atoms with van der Waals surface area (Å²) in [5, 5.41) is 0. The SMILES string of the molecule is C[C@@H]1CC(=O)N(C)[C@H](c2ccccc2)O1. The molecule has 1 aliphatic heterocycles. The highest BCUT2D eigenvalue weighted by molar-refractivity contribution is 5.77. The Labute approximate surface area is 89.7 Å². The van der Waals surface area contributed by atoms with E-state index in [1.807, 2.05) is 37.3 Å². The Morgan fingerprint density at radius 1 is 1.33 bits per heavy atom. The van der Waals surface area contributed by atoms with E-state index in [1.54, 1.807) is 11.9 Å². The molecule has 3 heteroatoms. The van der Waals surface area contributed by atoms with Gasteiger partial charge in [-0.05, 0) is 6.92 Å². The molecule has 0 saturated carbocycles. The lowest BCUT2D eigenvalue weighted by atomic mass is 10.1. The summed E-state index contributed by atoms with van der Waals surface area (Å²) in [6.45, 7) is 1.93. The van der Waals surface area contributed by atoms with Crippen LogP contribution in [0.15, 0.2) is 30.3 Å². The van der Waals surface area contributed by atoms with Crippen molar-refractivity contribution in [2.75, 3.05) is 7.05 Å². The predicted molar refractivity (Wildman–Crippen MR) is 57.1 cm³/mol. The average Bonchev–Trinajstić information content (AvgIpc) is 2.24. The Hall–Kier alpha value is -1.35. The molecule has 1 aromatic carbocycles. The zero-order valence-corrected chi connectivity index (χ0v) is 9.01. The molecule has 2 atom stereocenters. The van der Waals surface area contributed by atoms with E-state index in [1.165, 1.54) is 0 Å². The summed E-state index contributed by atoms with van der Waals surface area (Å²) in [6, 6.07) is 9.82. The number of amides is 1. The van der Waals surface area contributed by atoms with Gasteiger partial charge in [-0.25, -0.2) is 0 Å². The molecule has 0 bridgehead atoms. The third kappa shape index (κ3) is 2.02. The second-order valence-corrected chi connectivity index (χ2v) is 3.92. The fourth-order valence-electron chi connectivity index (χ4n) is 1.80. The molecule has 0 N–H and O–H groups in total. The first-order chi connectivity index (χ1) is 7.18. The maximum atomic E-state index is 11.6. The monoisotopic (exact) mass is 205 g/mol. The first-order valence-electron chi connectivity index (χ1n) is 5.14. The van der Waals surface area contributed by atoms with Crippen molar-refractivity contribution in [3.63, 3.8) is 0 Å². The zero-order valence-electron chi connectivity index (χ0n) is 9.01. The first-order valence-corrected chi connectivity index (χ1v) is 5.14. The van der Waals surface area contributed by atoms with E-state index in [4.69, 9.17) is 4.74 Å². The van der Waals surface area contributed by atoms with Crippen molar-refractivity contribution in [1.82, 2.24) is 4.90 Å². The molecule has 0 unspecified atom stereocenters. The second-order valence-electron chi connectivity index (χ2n) is 3.92. The highest BCUT2D eigenvalue weighted by atomic mass is 16.5. The van der Waals surface area contributed by atoms with Gasteiger partial charge in [0.05, 0.1) is 12.5 Å². The number of rotatable bonds is 1. The van der Waals surface area contributed by atoms with Crippen molar-refractivity contribution in [2.45, 2.75) is 25.7 Å². The topological polar surface area (TPSA) is 29.5 Å². The van der Waals surface area contributed by atoms with E-state index < -0.39 is 0 Å². The van der Waals surface area contributed by atoms with Crippen LogP contribution in [0, 0.1) is 0 Å². The van der Waals surface area contributed by atoms with E-state index in [0.717, 1.165) is 5.56 Å². The van der Waals surface area contributed by atoms with Crippen LogP contribution in [0.2, 0.25) is 0 Å². The molecular weight excluding hydrogens is 190 g/mol. The summed E-state index contributed by atoms with van der Waals surface area (Å²) in [6.07, 6.45) is 0.237. The van der Waals surface area contributed by atoms with Gasteiger partial charge in [-0.1, -0.05) is 30.3 Å². The van der Waals surface area contributed by atoms with Crippen LogP contribution in [0.1, 0.15) is 25.1 Å². The van der Waals surface area contributed by atoms with Crippen molar-refractivity contribution in [2.24, 2.45) is 0 Å². The molecule has 1 amide bonds. The van der Waals surface area contributed by atoms with Gasteiger partial charge in [0.1, 0.15) is 0 Å². The number of carbonyl (C=O) groups excluding carboxylic acids is 1. The summed E-state index contributed by atoms with van der Waals surface area (Å²) >= 11 is 0. The molecule has 1 aliphatic rings. The number of hydrogen-bond donors (Lipinski definition) is 0. The maximum absolute atomic E-state index is 11.6. The van der Waals surface area contributed by atoms with Crippen molar-refractivity contribution >= 4 is 5.91 Å². The highest BCUT2D eigenvalue weighted by Gasteiger charge is 2.30. The largest absolute Gasteiger partial charge is 0.350 e. The van der Waals surface area contributed by atoms with Gasteiger partial charge >= 0.3 is 0 Å². The summed E-state index contributed by atoms with van der Waals surface area (Å²) in [4.78, 5) is 13.3. The van der Waals surface area contributed by atoms with Gasteiger partial charge < -0.3 is 9.64 Å². The number of carbonyl (C=O) groups is 1. The van der Waals surface area contributed by atoms with E-state index in [0.29, 0.717) is 6.42 Å². The molecule has 0 spiro atoms. The Bertz CT molecular complexity index is 350. The molecule has 80 valence electrons. The molecule has 0 aromatic heterocycles. The molecule has 1 heterocycles. The smallest absolute Gasteiger partial charge is 0.227 e. The van der Waals surface area contributed by atoms with Gasteiger partial charge in [0.15, 0.2) is 6.23 Å². The lowest BCUT2D eigenvalue weighted by molar-refractivity contribution is -0.169. The van der Waals surface area contributed by atoms with Gasteiger partial charge in [-0.2, -0.15) is 0 Å². The zero-order chi connectivity index (χ0) is 10.8. The fourth-order valence-corrected chi connectivity index (χ4v) is 1.80. The van der Waals surface area contributed by atoms with E-state index in [2.05, 4.69) is 0 Å². The third-order valence-corrected chi connectivity index (χ3v) is 2.65. The minimum Gasteiger partial charge on any atom is -0.350 e. The van der Waals surface area contributed by atoms with Gasteiger partial charge in [-0.15, -0.1) is 0 Å². The molecule has 2 rings (SSSR count). The van der Waals surface area contributed by atoms with Crippen LogP contribution in [-0.4, -0.2) is 24.0 Å². The standard InChI is InChI=1S/C12H15NO2/c1-9-8-11(14)13(2)12(15-9)10-6-4-3-5-7-10/h3-7,9,12H,8H2,1-2H3/t9-,12+/m1/s1. The van der Waals surface area contributed by atoms with Crippen LogP contribution in [0.4, 0.5) is 0 Å². The normalized spacial score (nSPS) is 26.8. The first kappa shape index (κ1) is 10.2. The molecule has 1 fully saturated rings. The number of nitrogens with zero attached hydrogens (tertiary/aromatic N) is 1. The third-order valence-electron chi connectivity index (χ3n) is 2.65. The summed E-state index contributed by atoms with van der Waals surface area (Å²) < 4.78 is 5.76. The summed E-state index contributed by atoms with van der Waals surface area (Å²) in [5.74, 6) is 0.141. The van der Waals surface area contributed by atoms with E-state index in [9.17, 15) is 4.79 Å². The molecule has 0 aliphatic carbocycles. The van der Waals surface area contributed by atoms with Crippen molar-refractivity contribution in [1.29, 1.82) is 0 Å². The Balaban J connectivity index is 2.24. The van der Waals surface area contributed by atoms with Crippen molar-refractivity contribution in [3.8, 4) is 0 Å². The van der Waals surface area contributed by atoms with Crippen LogP contribution in [0.25, 0.3) is 0 Å². The van der Waals surface area contributed by atoms with Gasteiger partial charge in [-0.3, -0.25) is 4.79 Å². The predicted octanol–water partition coefficient (Wildman–Crippen LogP) is 1.95. The van der Waals surface area contributed by atoms with Crippen LogP contribution < -0.4 is 0 Å². The Kier molecular flexibility index (Phi) is 2.73. The summed E-state index contributed by atoms with van der Waals surface area (Å²) in [7, 11) is 1.78. The lowest BCUT2D eigenvalue weighted by Crippen LogP contribution is -2.41. The van der Waals surface area contributed by atoms with Crippen molar-refractivity contribution < 1.29 is 9.53 Å². The number of ether oxygens (including phenoxy) is 1. The van der Waals surface area contributed by atoms with E-state index in [-0.39, 0.29) is 18.2 Å². The van der Waals surface area contributed by atoms with Crippen LogP contribution in [-0.2, 0) is 9.53 Å². The highest BCUT2D eigenvalue weighted by Crippen LogP contribution is 2.28. The Morgan fingerprint density at radius 2 is 2.00 bits per heavy atom. The van der Waals surface area contributed by atoms with Crippen molar-refractivity contribution in [3.05, 3.63) is 35.9 Å². The van der Waals surface area contributed by atoms with Gasteiger partial charge in [0.25, 0.3) is 0 Å². The minimum atomic E-state index is -0.234. The maximum Gasteiger partial charge on any atom is 0.227 e. The fraction of sp³-hybridized carbons (Fsp3) is 0.417. The number of hydrogen-bond acceptors (Lipinski definition) is 2. The minimum absolute atomic E-state index is 0.00101. The molecule has 1 saturated heterocycles. The van der Waals surface area contributed by atoms with E-state index >= 15 is 0 Å². The summed E-state index contributed by atoms with van der Waals surface area (Å²) in [5.41, 5.74) is 1.03. The quantitative estimate of drug-likeness (QED) is 0.701. The van der Waals surface area contributed by atoms with Gasteiger partial charge in [0.2, 0.25) is 5.91 Å². The van der Waals surface area contributed by atoms with Crippen LogP contribution in [0.5, 0.6) is 0 Å². The van der Waals surface area contributed by atoms with Crippen LogP contribution in [0.3, 0.4) is 0 Å². The molecule has 0 radical (unpaired) electrons. The lowest BCUT2D eigenvalue weighted by Gasteiger charge is -2.36. The molecule has 15 heavy (non-hydrogen) atoms. The van der Waals surface area contributed by atoms with Gasteiger partial charge in [0, 0.05) is 12.6 Å². The molecule has 3 nitrogen and oxygen atoms in total. The Morgan fingerprint density at radius 3 is 2.67 bits per heavy atom. The average molecular weight is 205 g/mol. The molecular formula is C12H15NO2. The van der Waals surface area contributed by atoms with Crippen LogP contribution >= 0.6 is 0 Å². The molecule has 1 aromatic rings. The number of benzene rings is 1.